The van der Waals surface area contributed by atoms with E-state index < -0.39 is 0 Å². The van der Waals surface area contributed by atoms with Crippen molar-refractivity contribution in [1.29, 1.82) is 0 Å². The highest BCUT2D eigenvalue weighted by atomic mass is 16.6. The lowest BCUT2D eigenvalue weighted by molar-refractivity contribution is -0.385. The van der Waals surface area contributed by atoms with E-state index in [1.54, 1.807) is 12.1 Å². The second-order valence-corrected chi connectivity index (χ2v) is 5.84. The lowest BCUT2D eigenvalue weighted by atomic mass is 9.89. The molecule has 0 amide bonds. The maximum absolute atomic E-state index is 11.4. The molecule has 0 bridgehead atoms. The molecule has 0 spiro atoms. The molecule has 0 saturated heterocycles. The Morgan fingerprint density at radius 3 is 2.67 bits per heavy atom. The van der Waals surface area contributed by atoms with Gasteiger partial charge in [-0.05, 0) is 50.2 Å². The van der Waals surface area contributed by atoms with Gasteiger partial charge in [0.25, 0.3) is 0 Å². The molecule has 1 aromatic rings. The Balaban J connectivity index is 2.16. The number of hydrogen-bond acceptors (Lipinski definition) is 4. The molecule has 0 aliphatic heterocycles. The number of rotatable bonds is 6. The van der Waals surface area contributed by atoms with Gasteiger partial charge in [-0.1, -0.05) is 19.9 Å². The van der Waals surface area contributed by atoms with Crippen molar-refractivity contribution in [2.45, 2.75) is 52.1 Å². The zero-order chi connectivity index (χ0) is 15.2. The van der Waals surface area contributed by atoms with Crippen LogP contribution < -0.4 is 10.1 Å². The number of nitro groups is 1. The molecular formula is C16H24N2O3. The largest absolute Gasteiger partial charge is 0.483 e. The van der Waals surface area contributed by atoms with Crippen LogP contribution in [0.2, 0.25) is 0 Å². The summed E-state index contributed by atoms with van der Waals surface area (Å²) < 4.78 is 5.94. The van der Waals surface area contributed by atoms with E-state index in [1.807, 2.05) is 13.0 Å². The van der Waals surface area contributed by atoms with E-state index in [0.717, 1.165) is 38.0 Å². The van der Waals surface area contributed by atoms with Crippen molar-refractivity contribution < 1.29 is 9.66 Å². The van der Waals surface area contributed by atoms with Crippen LogP contribution in [0.4, 0.5) is 11.4 Å². The van der Waals surface area contributed by atoms with Gasteiger partial charge in [0, 0.05) is 6.54 Å². The Hall–Kier alpha value is -1.78. The number of para-hydroxylation sites is 1. The Bertz CT molecular complexity index is 482. The molecule has 21 heavy (non-hydrogen) atoms. The standard InChI is InChI=1S/C16H24N2O3/c1-3-11-17-14-5-4-6-15(16(14)18(19)20)21-13-9-7-12(2)8-10-13/h4-6,12-13,17H,3,7-11H2,1-2H3. The minimum Gasteiger partial charge on any atom is -0.483 e. The van der Waals surface area contributed by atoms with Gasteiger partial charge in [0.2, 0.25) is 0 Å². The average molecular weight is 292 g/mol. The first kappa shape index (κ1) is 15.6. The highest BCUT2D eigenvalue weighted by Gasteiger charge is 2.25. The number of nitrogens with one attached hydrogen (secondary N) is 1. The molecule has 5 nitrogen and oxygen atoms in total. The fraction of sp³-hybridized carbons (Fsp3) is 0.625. The molecule has 5 heteroatoms. The summed E-state index contributed by atoms with van der Waals surface area (Å²) in [6.07, 6.45) is 5.23. The van der Waals surface area contributed by atoms with Gasteiger partial charge in [-0.3, -0.25) is 10.1 Å². The third kappa shape index (κ3) is 4.09. The number of hydrogen-bond donors (Lipinski definition) is 1. The molecule has 2 rings (SSSR count). The Morgan fingerprint density at radius 2 is 2.05 bits per heavy atom. The summed E-state index contributed by atoms with van der Waals surface area (Å²) in [5.41, 5.74) is 0.605. The van der Waals surface area contributed by atoms with Gasteiger partial charge in [-0.2, -0.15) is 0 Å². The SMILES string of the molecule is CCCNc1cccc(OC2CCC(C)CC2)c1[N+](=O)[O-]. The lowest BCUT2D eigenvalue weighted by Crippen LogP contribution is -2.23. The van der Waals surface area contributed by atoms with Crippen LogP contribution in [-0.2, 0) is 0 Å². The monoisotopic (exact) mass is 292 g/mol. The quantitative estimate of drug-likeness (QED) is 0.624. The van der Waals surface area contributed by atoms with Gasteiger partial charge in [0.05, 0.1) is 11.0 Å². The van der Waals surface area contributed by atoms with Crippen LogP contribution in [0.1, 0.15) is 46.0 Å². The van der Waals surface area contributed by atoms with E-state index in [-0.39, 0.29) is 16.7 Å². The van der Waals surface area contributed by atoms with E-state index in [0.29, 0.717) is 18.0 Å². The molecule has 0 heterocycles. The molecule has 116 valence electrons. The van der Waals surface area contributed by atoms with Crippen molar-refractivity contribution in [3.63, 3.8) is 0 Å². The van der Waals surface area contributed by atoms with Crippen molar-refractivity contribution in [3.05, 3.63) is 28.3 Å². The molecule has 0 aromatic heterocycles. The van der Waals surface area contributed by atoms with Gasteiger partial charge in [-0.15, -0.1) is 0 Å². The second kappa shape index (κ2) is 7.29. The first-order valence-corrected chi connectivity index (χ1v) is 7.79. The van der Waals surface area contributed by atoms with Crippen LogP contribution in [0.3, 0.4) is 0 Å². The third-order valence-corrected chi connectivity index (χ3v) is 4.00. The summed E-state index contributed by atoms with van der Waals surface area (Å²) in [4.78, 5) is 11.0. The van der Waals surface area contributed by atoms with E-state index in [2.05, 4.69) is 12.2 Å². The summed E-state index contributed by atoms with van der Waals surface area (Å²) in [6, 6.07) is 5.25. The zero-order valence-corrected chi connectivity index (χ0v) is 12.8. The van der Waals surface area contributed by atoms with Gasteiger partial charge in [0.15, 0.2) is 5.75 Å². The van der Waals surface area contributed by atoms with E-state index in [4.69, 9.17) is 4.74 Å². The van der Waals surface area contributed by atoms with Crippen molar-refractivity contribution in [1.82, 2.24) is 0 Å². The average Bonchev–Trinajstić information content (AvgIpc) is 2.47. The fourth-order valence-corrected chi connectivity index (χ4v) is 2.73. The van der Waals surface area contributed by atoms with E-state index >= 15 is 0 Å². The molecule has 1 N–H and O–H groups in total. The second-order valence-electron chi connectivity index (χ2n) is 5.84. The number of ether oxygens (including phenoxy) is 1. The topological polar surface area (TPSA) is 64.4 Å². The van der Waals surface area contributed by atoms with Crippen LogP contribution in [0.25, 0.3) is 0 Å². The molecule has 1 aliphatic carbocycles. The number of anilines is 1. The van der Waals surface area contributed by atoms with Crippen LogP contribution >= 0.6 is 0 Å². The van der Waals surface area contributed by atoms with Crippen molar-refractivity contribution in [2.24, 2.45) is 5.92 Å². The Kier molecular flexibility index (Phi) is 5.42. The van der Waals surface area contributed by atoms with Gasteiger partial charge in [0.1, 0.15) is 5.69 Å². The maximum Gasteiger partial charge on any atom is 0.333 e. The van der Waals surface area contributed by atoms with Crippen molar-refractivity contribution >= 4 is 11.4 Å². The van der Waals surface area contributed by atoms with Gasteiger partial charge >= 0.3 is 5.69 Å². The van der Waals surface area contributed by atoms with Gasteiger partial charge < -0.3 is 10.1 Å². The van der Waals surface area contributed by atoms with Crippen LogP contribution in [0, 0.1) is 16.0 Å². The van der Waals surface area contributed by atoms with E-state index in [9.17, 15) is 10.1 Å². The Morgan fingerprint density at radius 1 is 1.33 bits per heavy atom. The summed E-state index contributed by atoms with van der Waals surface area (Å²) in [6.45, 7) is 4.99. The van der Waals surface area contributed by atoms with Gasteiger partial charge in [-0.25, -0.2) is 0 Å². The molecular weight excluding hydrogens is 268 g/mol. The summed E-state index contributed by atoms with van der Waals surface area (Å²) in [5.74, 6) is 1.12. The van der Waals surface area contributed by atoms with Crippen LogP contribution in [0.15, 0.2) is 18.2 Å². The van der Waals surface area contributed by atoms with Crippen LogP contribution in [0.5, 0.6) is 5.75 Å². The number of benzene rings is 1. The maximum atomic E-state index is 11.4. The third-order valence-electron chi connectivity index (χ3n) is 4.00. The summed E-state index contributed by atoms with van der Waals surface area (Å²) in [7, 11) is 0. The van der Waals surface area contributed by atoms with Crippen molar-refractivity contribution in [2.75, 3.05) is 11.9 Å². The lowest BCUT2D eigenvalue weighted by Gasteiger charge is -2.26. The predicted octanol–water partition coefficient (Wildman–Crippen LogP) is 4.37. The first-order valence-electron chi connectivity index (χ1n) is 7.79. The summed E-state index contributed by atoms with van der Waals surface area (Å²) >= 11 is 0. The first-order chi connectivity index (χ1) is 10.1. The highest BCUT2D eigenvalue weighted by molar-refractivity contribution is 5.68. The van der Waals surface area contributed by atoms with Crippen LogP contribution in [-0.4, -0.2) is 17.6 Å². The number of nitro benzene ring substituents is 1. The molecule has 1 saturated carbocycles. The molecule has 0 unspecified atom stereocenters. The van der Waals surface area contributed by atoms with Crippen molar-refractivity contribution in [3.8, 4) is 5.75 Å². The Labute approximate surface area is 125 Å². The number of nitrogens with zero attached hydrogens (tertiary/aromatic N) is 1. The molecule has 1 fully saturated rings. The minimum atomic E-state index is -0.348. The molecule has 1 aromatic carbocycles. The highest BCUT2D eigenvalue weighted by Crippen LogP contribution is 2.37. The molecule has 0 atom stereocenters. The van der Waals surface area contributed by atoms with E-state index in [1.165, 1.54) is 0 Å². The normalized spacial score (nSPS) is 21.8. The zero-order valence-electron chi connectivity index (χ0n) is 12.8. The summed E-state index contributed by atoms with van der Waals surface area (Å²) in [5, 5.41) is 14.5. The smallest absolute Gasteiger partial charge is 0.333 e. The molecule has 0 radical (unpaired) electrons. The minimum absolute atomic E-state index is 0.0598. The fourth-order valence-electron chi connectivity index (χ4n) is 2.73. The molecule has 1 aliphatic rings. The predicted molar refractivity (Wildman–Crippen MR) is 83.9 cm³/mol.